The highest BCUT2D eigenvalue weighted by atomic mass is 19.1. The van der Waals surface area contributed by atoms with Crippen molar-refractivity contribution in [3.63, 3.8) is 0 Å². The Labute approximate surface area is 138 Å². The summed E-state index contributed by atoms with van der Waals surface area (Å²) in [5.41, 5.74) is 1.79. The number of aryl methyl sites for hydroxylation is 1. The standard InChI is InChI=1S/C18H16FN3O2/c19-15-10-8-14(9-11-15)17-21-22-18(24-17)16(23)20-12-4-7-13-5-2-1-3-6-13/h1-3,5-6,8-11H,4,7,12H2,(H,20,23). The molecule has 1 N–H and O–H groups in total. The van der Waals surface area contributed by atoms with Crippen molar-refractivity contribution in [2.45, 2.75) is 12.8 Å². The van der Waals surface area contributed by atoms with Gasteiger partial charge in [0.15, 0.2) is 0 Å². The number of hydrogen-bond donors (Lipinski definition) is 1. The van der Waals surface area contributed by atoms with E-state index in [2.05, 4.69) is 27.6 Å². The predicted molar refractivity (Wildman–Crippen MR) is 86.8 cm³/mol. The van der Waals surface area contributed by atoms with E-state index >= 15 is 0 Å². The Bertz CT molecular complexity index is 801. The van der Waals surface area contributed by atoms with E-state index in [0.29, 0.717) is 12.1 Å². The normalized spacial score (nSPS) is 10.5. The van der Waals surface area contributed by atoms with Crippen LogP contribution in [0.15, 0.2) is 59.0 Å². The number of carbonyl (C=O) groups excluding carboxylic acids is 1. The maximum Gasteiger partial charge on any atom is 0.308 e. The lowest BCUT2D eigenvalue weighted by molar-refractivity contribution is 0.0919. The Kier molecular flexibility index (Phi) is 4.96. The minimum Gasteiger partial charge on any atom is -0.412 e. The molecule has 2 aromatic carbocycles. The second-order valence-corrected chi connectivity index (χ2v) is 5.26. The van der Waals surface area contributed by atoms with Crippen LogP contribution in [0.3, 0.4) is 0 Å². The van der Waals surface area contributed by atoms with E-state index < -0.39 is 5.91 Å². The summed E-state index contributed by atoms with van der Waals surface area (Å²) in [5, 5.41) is 10.3. The van der Waals surface area contributed by atoms with Gasteiger partial charge < -0.3 is 9.73 Å². The molecule has 5 nitrogen and oxygen atoms in total. The van der Waals surface area contributed by atoms with Crippen molar-refractivity contribution in [3.8, 4) is 11.5 Å². The van der Waals surface area contributed by atoms with Crippen LogP contribution >= 0.6 is 0 Å². The minimum absolute atomic E-state index is 0.103. The van der Waals surface area contributed by atoms with E-state index in [0.717, 1.165) is 12.8 Å². The lowest BCUT2D eigenvalue weighted by Crippen LogP contribution is -2.25. The van der Waals surface area contributed by atoms with Crippen molar-refractivity contribution in [2.75, 3.05) is 6.54 Å². The van der Waals surface area contributed by atoms with E-state index in [4.69, 9.17) is 4.42 Å². The smallest absolute Gasteiger partial charge is 0.308 e. The van der Waals surface area contributed by atoms with Gasteiger partial charge in [0, 0.05) is 12.1 Å². The van der Waals surface area contributed by atoms with E-state index in [1.165, 1.54) is 29.8 Å². The maximum atomic E-state index is 12.9. The fraction of sp³-hybridized carbons (Fsp3) is 0.167. The summed E-state index contributed by atoms with van der Waals surface area (Å²) in [6.07, 6.45) is 1.69. The molecule has 1 amide bonds. The molecular formula is C18H16FN3O2. The summed E-state index contributed by atoms with van der Waals surface area (Å²) in [4.78, 5) is 12.0. The van der Waals surface area contributed by atoms with E-state index in [-0.39, 0.29) is 17.6 Å². The third kappa shape index (κ3) is 4.04. The molecule has 1 aromatic heterocycles. The van der Waals surface area contributed by atoms with Crippen LogP contribution in [0, 0.1) is 5.82 Å². The molecule has 3 aromatic rings. The summed E-state index contributed by atoms with van der Waals surface area (Å²) in [7, 11) is 0. The van der Waals surface area contributed by atoms with Gasteiger partial charge in [0.05, 0.1) is 0 Å². The quantitative estimate of drug-likeness (QED) is 0.707. The monoisotopic (exact) mass is 325 g/mol. The van der Waals surface area contributed by atoms with Gasteiger partial charge in [-0.15, -0.1) is 10.2 Å². The number of rotatable bonds is 6. The van der Waals surface area contributed by atoms with Gasteiger partial charge in [-0.3, -0.25) is 4.79 Å². The van der Waals surface area contributed by atoms with Crippen LogP contribution in [-0.4, -0.2) is 22.6 Å². The number of aromatic nitrogens is 2. The van der Waals surface area contributed by atoms with Crippen LogP contribution in [0.25, 0.3) is 11.5 Å². The maximum absolute atomic E-state index is 12.9. The van der Waals surface area contributed by atoms with Crippen molar-refractivity contribution in [2.24, 2.45) is 0 Å². The molecule has 0 saturated heterocycles. The Hall–Kier alpha value is -3.02. The second kappa shape index (κ2) is 7.50. The zero-order valence-corrected chi connectivity index (χ0v) is 12.9. The predicted octanol–water partition coefficient (Wildman–Crippen LogP) is 3.24. The Balaban J connectivity index is 1.51. The summed E-state index contributed by atoms with van der Waals surface area (Å²) < 4.78 is 18.2. The highest BCUT2D eigenvalue weighted by Gasteiger charge is 2.15. The molecule has 0 unspecified atom stereocenters. The first-order valence-corrected chi connectivity index (χ1v) is 7.64. The first-order valence-electron chi connectivity index (χ1n) is 7.64. The van der Waals surface area contributed by atoms with Crippen LogP contribution < -0.4 is 5.32 Å². The molecule has 0 fully saturated rings. The van der Waals surface area contributed by atoms with Gasteiger partial charge in [0.25, 0.3) is 0 Å². The molecule has 0 saturated carbocycles. The number of halogens is 1. The molecule has 24 heavy (non-hydrogen) atoms. The summed E-state index contributed by atoms with van der Waals surface area (Å²) in [5.74, 6) is -0.683. The molecule has 122 valence electrons. The number of hydrogen-bond acceptors (Lipinski definition) is 4. The molecule has 0 aliphatic carbocycles. The summed E-state index contributed by atoms with van der Waals surface area (Å²) in [6, 6.07) is 15.7. The van der Waals surface area contributed by atoms with Crippen LogP contribution in [0.4, 0.5) is 4.39 Å². The average Bonchev–Trinajstić information content (AvgIpc) is 3.10. The van der Waals surface area contributed by atoms with Crippen molar-refractivity contribution in [3.05, 3.63) is 71.9 Å². The van der Waals surface area contributed by atoms with Crippen LogP contribution in [0.1, 0.15) is 22.7 Å². The zero-order chi connectivity index (χ0) is 16.8. The van der Waals surface area contributed by atoms with E-state index in [1.807, 2.05) is 18.2 Å². The molecule has 0 spiro atoms. The molecule has 0 aliphatic rings. The molecule has 0 radical (unpaired) electrons. The van der Waals surface area contributed by atoms with Crippen LogP contribution in [0.2, 0.25) is 0 Å². The highest BCUT2D eigenvalue weighted by Crippen LogP contribution is 2.17. The molecule has 0 atom stereocenters. The molecule has 0 aliphatic heterocycles. The fourth-order valence-corrected chi connectivity index (χ4v) is 2.24. The second-order valence-electron chi connectivity index (χ2n) is 5.26. The van der Waals surface area contributed by atoms with Gasteiger partial charge in [0.1, 0.15) is 5.82 Å². The minimum atomic E-state index is -0.413. The number of carbonyl (C=O) groups is 1. The molecular weight excluding hydrogens is 309 g/mol. The molecule has 0 bridgehead atoms. The fourth-order valence-electron chi connectivity index (χ4n) is 2.24. The van der Waals surface area contributed by atoms with E-state index in [9.17, 15) is 9.18 Å². The van der Waals surface area contributed by atoms with Gasteiger partial charge in [-0.25, -0.2) is 4.39 Å². The number of nitrogens with one attached hydrogen (secondary N) is 1. The Morgan fingerprint density at radius 2 is 1.79 bits per heavy atom. The van der Waals surface area contributed by atoms with Crippen LogP contribution in [0.5, 0.6) is 0 Å². The van der Waals surface area contributed by atoms with Gasteiger partial charge in [-0.2, -0.15) is 0 Å². The number of nitrogens with zero attached hydrogens (tertiary/aromatic N) is 2. The zero-order valence-electron chi connectivity index (χ0n) is 12.9. The number of amides is 1. The van der Waals surface area contributed by atoms with Gasteiger partial charge in [-0.1, -0.05) is 30.3 Å². The van der Waals surface area contributed by atoms with Crippen molar-refractivity contribution < 1.29 is 13.6 Å². The first-order chi connectivity index (χ1) is 11.7. The van der Waals surface area contributed by atoms with Crippen molar-refractivity contribution in [1.82, 2.24) is 15.5 Å². The topological polar surface area (TPSA) is 68.0 Å². The molecule has 3 rings (SSSR count). The Morgan fingerprint density at radius 1 is 1.04 bits per heavy atom. The van der Waals surface area contributed by atoms with Gasteiger partial charge in [-0.05, 0) is 42.7 Å². The van der Waals surface area contributed by atoms with Gasteiger partial charge >= 0.3 is 11.8 Å². The van der Waals surface area contributed by atoms with Crippen molar-refractivity contribution in [1.29, 1.82) is 0 Å². The Morgan fingerprint density at radius 3 is 2.54 bits per heavy atom. The van der Waals surface area contributed by atoms with Gasteiger partial charge in [0.2, 0.25) is 5.89 Å². The largest absolute Gasteiger partial charge is 0.412 e. The van der Waals surface area contributed by atoms with E-state index in [1.54, 1.807) is 0 Å². The van der Waals surface area contributed by atoms with Crippen LogP contribution in [-0.2, 0) is 6.42 Å². The highest BCUT2D eigenvalue weighted by molar-refractivity contribution is 5.89. The van der Waals surface area contributed by atoms with Crippen molar-refractivity contribution >= 4 is 5.91 Å². The molecule has 6 heteroatoms. The lowest BCUT2D eigenvalue weighted by Gasteiger charge is -2.02. The summed E-state index contributed by atoms with van der Waals surface area (Å²) >= 11 is 0. The number of benzene rings is 2. The SMILES string of the molecule is O=C(NCCCc1ccccc1)c1nnc(-c2ccc(F)cc2)o1. The lowest BCUT2D eigenvalue weighted by atomic mass is 10.1. The summed E-state index contributed by atoms with van der Waals surface area (Å²) in [6.45, 7) is 0.516. The first kappa shape index (κ1) is 15.9. The average molecular weight is 325 g/mol. The third-order valence-electron chi connectivity index (χ3n) is 3.48. The molecule has 1 heterocycles. The third-order valence-corrected chi connectivity index (χ3v) is 3.48.